The van der Waals surface area contributed by atoms with Crippen LogP contribution >= 0.6 is 0 Å². The highest BCUT2D eigenvalue weighted by Gasteiger charge is 1.99. The normalized spacial score (nSPS) is 10.6. The first kappa shape index (κ1) is 14.4. The Bertz CT molecular complexity index is 514. The maximum Gasteiger partial charge on any atom is 0.119 e. The number of nitrogens with one attached hydrogen (secondary N) is 1. The molecule has 2 aromatic rings. The molecular formula is C18H23NO. The summed E-state index contributed by atoms with van der Waals surface area (Å²) in [7, 11) is 1.68. The number of hydrogen-bond donors (Lipinski definition) is 1. The van der Waals surface area contributed by atoms with E-state index in [4.69, 9.17) is 4.74 Å². The second kappa shape index (κ2) is 6.99. The van der Waals surface area contributed by atoms with Crippen LogP contribution in [0, 0.1) is 5.92 Å². The largest absolute Gasteiger partial charge is 0.497 e. The molecule has 0 saturated heterocycles. The minimum Gasteiger partial charge on any atom is -0.497 e. The smallest absolute Gasteiger partial charge is 0.119 e. The molecule has 0 unspecified atom stereocenters. The lowest BCUT2D eigenvalue weighted by Gasteiger charge is -2.09. The number of anilines is 1. The van der Waals surface area contributed by atoms with Gasteiger partial charge < -0.3 is 10.1 Å². The fraction of sp³-hybridized carbons (Fsp3) is 0.333. The predicted octanol–water partition coefficient (Wildman–Crippen LogP) is 4.51. The van der Waals surface area contributed by atoms with Crippen molar-refractivity contribution in [2.45, 2.75) is 26.8 Å². The lowest BCUT2D eigenvalue weighted by Crippen LogP contribution is -2.00. The van der Waals surface area contributed by atoms with E-state index in [-0.39, 0.29) is 0 Å². The third-order valence-electron chi connectivity index (χ3n) is 3.25. The number of rotatable bonds is 6. The van der Waals surface area contributed by atoms with E-state index in [1.165, 1.54) is 11.1 Å². The fourth-order valence-electron chi connectivity index (χ4n) is 2.18. The van der Waals surface area contributed by atoms with E-state index in [1.807, 2.05) is 24.3 Å². The number of benzene rings is 2. The third kappa shape index (κ3) is 4.30. The molecule has 0 aliphatic carbocycles. The monoisotopic (exact) mass is 269 g/mol. The van der Waals surface area contributed by atoms with Crippen molar-refractivity contribution < 1.29 is 4.74 Å². The highest BCUT2D eigenvalue weighted by atomic mass is 16.5. The van der Waals surface area contributed by atoms with Gasteiger partial charge in [-0.1, -0.05) is 38.1 Å². The van der Waals surface area contributed by atoms with Crippen molar-refractivity contribution in [1.29, 1.82) is 0 Å². The van der Waals surface area contributed by atoms with Gasteiger partial charge in [-0.25, -0.2) is 0 Å². The van der Waals surface area contributed by atoms with E-state index in [1.54, 1.807) is 7.11 Å². The van der Waals surface area contributed by atoms with Crippen LogP contribution in [0.25, 0.3) is 0 Å². The summed E-state index contributed by atoms with van der Waals surface area (Å²) in [5, 5.41) is 3.42. The van der Waals surface area contributed by atoms with E-state index in [0.29, 0.717) is 5.92 Å². The van der Waals surface area contributed by atoms with Crippen LogP contribution in [0.5, 0.6) is 5.75 Å². The molecule has 2 rings (SSSR count). The summed E-state index contributed by atoms with van der Waals surface area (Å²) in [5.41, 5.74) is 3.82. The van der Waals surface area contributed by atoms with Crippen LogP contribution in [0.1, 0.15) is 25.0 Å². The zero-order valence-electron chi connectivity index (χ0n) is 12.5. The van der Waals surface area contributed by atoms with Gasteiger partial charge in [0.2, 0.25) is 0 Å². The highest BCUT2D eigenvalue weighted by molar-refractivity contribution is 5.46. The van der Waals surface area contributed by atoms with Gasteiger partial charge in [0.25, 0.3) is 0 Å². The maximum absolute atomic E-state index is 5.15. The molecule has 0 aliphatic heterocycles. The predicted molar refractivity (Wildman–Crippen MR) is 85.3 cm³/mol. The number of methoxy groups -OCH3 is 1. The molecule has 20 heavy (non-hydrogen) atoms. The lowest BCUT2D eigenvalue weighted by atomic mass is 10.0. The molecular weight excluding hydrogens is 246 g/mol. The molecule has 0 spiro atoms. The molecule has 0 aliphatic rings. The van der Waals surface area contributed by atoms with Gasteiger partial charge in [0.15, 0.2) is 0 Å². The standard InChI is InChI=1S/C18H23NO/c1-14(2)12-15-4-6-16(7-5-15)13-19-17-8-10-18(20-3)11-9-17/h4-11,14,19H,12-13H2,1-3H3. The Morgan fingerprint density at radius 3 is 2.05 bits per heavy atom. The summed E-state index contributed by atoms with van der Waals surface area (Å²) in [6, 6.07) is 16.9. The van der Waals surface area contributed by atoms with Crippen molar-refractivity contribution in [3.63, 3.8) is 0 Å². The van der Waals surface area contributed by atoms with Crippen molar-refractivity contribution in [3.8, 4) is 5.75 Å². The van der Waals surface area contributed by atoms with E-state index in [9.17, 15) is 0 Å². The summed E-state index contributed by atoms with van der Waals surface area (Å²) < 4.78 is 5.15. The molecule has 2 aromatic carbocycles. The van der Waals surface area contributed by atoms with Crippen LogP contribution in [-0.4, -0.2) is 7.11 Å². The maximum atomic E-state index is 5.15. The van der Waals surface area contributed by atoms with Crippen LogP contribution < -0.4 is 10.1 Å². The highest BCUT2D eigenvalue weighted by Crippen LogP contribution is 2.16. The first-order valence-corrected chi connectivity index (χ1v) is 7.13. The lowest BCUT2D eigenvalue weighted by molar-refractivity contribution is 0.415. The Morgan fingerprint density at radius 2 is 1.50 bits per heavy atom. The molecule has 0 atom stereocenters. The minimum atomic E-state index is 0.707. The topological polar surface area (TPSA) is 21.3 Å². The van der Waals surface area contributed by atoms with E-state index in [2.05, 4.69) is 43.4 Å². The van der Waals surface area contributed by atoms with E-state index < -0.39 is 0 Å². The Hall–Kier alpha value is -1.96. The number of hydrogen-bond acceptors (Lipinski definition) is 2. The summed E-state index contributed by atoms with van der Waals surface area (Å²) >= 11 is 0. The molecule has 2 nitrogen and oxygen atoms in total. The van der Waals surface area contributed by atoms with Gasteiger partial charge in [-0.2, -0.15) is 0 Å². The number of ether oxygens (including phenoxy) is 1. The molecule has 0 aromatic heterocycles. The second-order valence-electron chi connectivity index (χ2n) is 5.50. The molecule has 106 valence electrons. The van der Waals surface area contributed by atoms with Gasteiger partial charge in [-0.15, -0.1) is 0 Å². The second-order valence-corrected chi connectivity index (χ2v) is 5.50. The SMILES string of the molecule is COc1ccc(NCc2ccc(CC(C)C)cc2)cc1. The zero-order chi connectivity index (χ0) is 14.4. The van der Waals surface area contributed by atoms with Gasteiger partial charge in [-0.05, 0) is 47.7 Å². The van der Waals surface area contributed by atoms with Gasteiger partial charge in [0, 0.05) is 12.2 Å². The Kier molecular flexibility index (Phi) is 5.05. The summed E-state index contributed by atoms with van der Waals surface area (Å²) in [4.78, 5) is 0. The van der Waals surface area contributed by atoms with Crippen molar-refractivity contribution in [2.24, 2.45) is 5.92 Å². The van der Waals surface area contributed by atoms with Gasteiger partial charge >= 0.3 is 0 Å². The van der Waals surface area contributed by atoms with Gasteiger partial charge in [0.1, 0.15) is 5.75 Å². The van der Waals surface area contributed by atoms with Crippen molar-refractivity contribution in [2.75, 3.05) is 12.4 Å². The molecule has 2 heteroatoms. The fourth-order valence-corrected chi connectivity index (χ4v) is 2.18. The Morgan fingerprint density at radius 1 is 0.900 bits per heavy atom. The zero-order valence-corrected chi connectivity index (χ0v) is 12.5. The van der Waals surface area contributed by atoms with Crippen molar-refractivity contribution in [3.05, 3.63) is 59.7 Å². The van der Waals surface area contributed by atoms with Crippen molar-refractivity contribution in [1.82, 2.24) is 0 Å². The van der Waals surface area contributed by atoms with Gasteiger partial charge in [-0.3, -0.25) is 0 Å². The van der Waals surface area contributed by atoms with Gasteiger partial charge in [0.05, 0.1) is 7.11 Å². The molecule has 1 N–H and O–H groups in total. The van der Waals surface area contributed by atoms with Crippen molar-refractivity contribution >= 4 is 5.69 Å². The molecule has 0 fully saturated rings. The van der Waals surface area contributed by atoms with Crippen LogP contribution in [0.2, 0.25) is 0 Å². The summed E-state index contributed by atoms with van der Waals surface area (Å²) in [6.45, 7) is 5.34. The quantitative estimate of drug-likeness (QED) is 0.833. The van der Waals surface area contributed by atoms with E-state index >= 15 is 0 Å². The summed E-state index contributed by atoms with van der Waals surface area (Å²) in [6.07, 6.45) is 1.15. The first-order valence-electron chi connectivity index (χ1n) is 7.13. The molecule has 0 saturated carbocycles. The average Bonchev–Trinajstić information content (AvgIpc) is 2.46. The van der Waals surface area contributed by atoms with Crippen LogP contribution in [0.3, 0.4) is 0 Å². The Balaban J connectivity index is 1.89. The molecule has 0 radical (unpaired) electrons. The minimum absolute atomic E-state index is 0.707. The molecule has 0 bridgehead atoms. The third-order valence-corrected chi connectivity index (χ3v) is 3.25. The molecule has 0 heterocycles. The summed E-state index contributed by atoms with van der Waals surface area (Å²) in [5.74, 6) is 1.59. The van der Waals surface area contributed by atoms with Crippen LogP contribution in [0.15, 0.2) is 48.5 Å². The molecule has 0 amide bonds. The van der Waals surface area contributed by atoms with Crippen LogP contribution in [0.4, 0.5) is 5.69 Å². The van der Waals surface area contributed by atoms with E-state index in [0.717, 1.165) is 24.4 Å². The first-order chi connectivity index (χ1) is 9.67. The average molecular weight is 269 g/mol. The van der Waals surface area contributed by atoms with Crippen LogP contribution in [-0.2, 0) is 13.0 Å². The Labute approximate surface area is 121 Å².